The average Bonchev–Trinajstić information content (AvgIpc) is 3.12. The third kappa shape index (κ3) is 11.6. The average molecular weight is 416 g/mol. The van der Waals surface area contributed by atoms with Crippen molar-refractivity contribution in [3.8, 4) is 0 Å². The van der Waals surface area contributed by atoms with Gasteiger partial charge in [0.2, 0.25) is 5.91 Å². The van der Waals surface area contributed by atoms with Crippen molar-refractivity contribution >= 4 is 11.9 Å². The zero-order valence-electron chi connectivity index (χ0n) is 18.2. The SMILES string of the molecule is CCC=CCC=CCC=CCC=CCC=CCCCC(=O)N1CC(O)CC1C(=O)O. The maximum atomic E-state index is 12.2. The lowest BCUT2D eigenvalue weighted by Crippen LogP contribution is -2.40. The Morgan fingerprint density at radius 2 is 1.37 bits per heavy atom. The van der Waals surface area contributed by atoms with E-state index in [9.17, 15) is 14.7 Å². The van der Waals surface area contributed by atoms with Crippen molar-refractivity contribution in [2.75, 3.05) is 6.54 Å². The highest BCUT2D eigenvalue weighted by atomic mass is 16.4. The van der Waals surface area contributed by atoms with Gasteiger partial charge in [-0.25, -0.2) is 4.79 Å². The molecule has 0 aromatic carbocycles. The van der Waals surface area contributed by atoms with Crippen LogP contribution < -0.4 is 0 Å². The maximum Gasteiger partial charge on any atom is 0.326 e. The van der Waals surface area contributed by atoms with Crippen molar-refractivity contribution in [2.45, 2.75) is 76.9 Å². The molecule has 0 aliphatic carbocycles. The van der Waals surface area contributed by atoms with E-state index in [4.69, 9.17) is 5.11 Å². The highest BCUT2D eigenvalue weighted by Crippen LogP contribution is 2.19. The van der Waals surface area contributed by atoms with E-state index in [-0.39, 0.29) is 18.9 Å². The number of β-amino-alcohol motifs (C(OH)–C–C–N with tert-alkyl or cyclic N) is 1. The lowest BCUT2D eigenvalue weighted by Gasteiger charge is -2.20. The van der Waals surface area contributed by atoms with Crippen LogP contribution in [0.1, 0.15) is 64.7 Å². The van der Waals surface area contributed by atoms with Crippen LogP contribution in [0.4, 0.5) is 0 Å². The lowest BCUT2D eigenvalue weighted by atomic mass is 10.1. The Hall–Kier alpha value is -2.40. The number of unbranched alkanes of at least 4 members (excludes halogenated alkanes) is 1. The first kappa shape index (κ1) is 25.6. The number of likely N-dealkylation sites (tertiary alicyclic amines) is 1. The Morgan fingerprint density at radius 1 is 0.867 bits per heavy atom. The van der Waals surface area contributed by atoms with Gasteiger partial charge in [-0.3, -0.25) is 4.79 Å². The number of allylic oxidation sites excluding steroid dienone is 10. The standard InChI is InChI=1S/C25H37NO4/c1-2-3-4-5-6-7-8-9-10-11-12-13-14-15-16-17-18-19-24(28)26-21-22(27)20-23(26)25(29)30/h3-4,6-7,9-10,12-13,15-16,22-23,27H,2,5,8,11,14,17-21H2,1H3,(H,29,30). The van der Waals surface area contributed by atoms with E-state index >= 15 is 0 Å². The van der Waals surface area contributed by atoms with Crippen molar-refractivity contribution < 1.29 is 19.8 Å². The molecule has 0 radical (unpaired) electrons. The fourth-order valence-corrected chi connectivity index (χ4v) is 3.21. The van der Waals surface area contributed by atoms with Gasteiger partial charge in [0.05, 0.1) is 6.10 Å². The summed E-state index contributed by atoms with van der Waals surface area (Å²) in [6, 6.07) is -0.888. The van der Waals surface area contributed by atoms with Gasteiger partial charge in [-0.15, -0.1) is 0 Å². The number of hydrogen-bond donors (Lipinski definition) is 2. The molecule has 0 aromatic rings. The molecule has 2 N–H and O–H groups in total. The number of nitrogens with zero attached hydrogens (tertiary/aromatic N) is 1. The summed E-state index contributed by atoms with van der Waals surface area (Å²) in [6.07, 6.45) is 27.5. The minimum Gasteiger partial charge on any atom is -0.480 e. The molecule has 1 saturated heterocycles. The number of carbonyl (C=O) groups excluding carboxylic acids is 1. The smallest absolute Gasteiger partial charge is 0.326 e. The summed E-state index contributed by atoms with van der Waals surface area (Å²) in [4.78, 5) is 24.6. The summed E-state index contributed by atoms with van der Waals surface area (Å²) in [5.74, 6) is -1.23. The monoisotopic (exact) mass is 415 g/mol. The number of hydrogen-bond acceptors (Lipinski definition) is 3. The first-order valence-corrected chi connectivity index (χ1v) is 11.0. The Balaban J connectivity index is 2.07. The van der Waals surface area contributed by atoms with Gasteiger partial charge >= 0.3 is 5.97 Å². The zero-order chi connectivity index (χ0) is 22.0. The van der Waals surface area contributed by atoms with Gasteiger partial charge < -0.3 is 15.1 Å². The minimum atomic E-state index is -1.04. The van der Waals surface area contributed by atoms with Crippen LogP contribution in [-0.2, 0) is 9.59 Å². The van der Waals surface area contributed by atoms with Crippen LogP contribution in [0.25, 0.3) is 0 Å². The van der Waals surface area contributed by atoms with Crippen molar-refractivity contribution in [2.24, 2.45) is 0 Å². The van der Waals surface area contributed by atoms with E-state index in [1.165, 1.54) is 4.90 Å². The quantitative estimate of drug-likeness (QED) is 0.311. The maximum absolute atomic E-state index is 12.2. The molecule has 0 spiro atoms. The first-order valence-electron chi connectivity index (χ1n) is 11.0. The Kier molecular flexibility index (Phi) is 14.0. The van der Waals surface area contributed by atoms with Crippen molar-refractivity contribution in [3.63, 3.8) is 0 Å². The van der Waals surface area contributed by atoms with Crippen molar-refractivity contribution in [1.82, 2.24) is 4.90 Å². The molecule has 2 unspecified atom stereocenters. The number of carboxylic acid groups (broad SMARTS) is 1. The van der Waals surface area contributed by atoms with Gasteiger partial charge in [-0.2, -0.15) is 0 Å². The fraction of sp³-hybridized carbons (Fsp3) is 0.520. The van der Waals surface area contributed by atoms with Crippen LogP contribution in [0, 0.1) is 0 Å². The third-order valence-corrected chi connectivity index (χ3v) is 4.80. The van der Waals surface area contributed by atoms with Gasteiger partial charge in [0.1, 0.15) is 6.04 Å². The van der Waals surface area contributed by atoms with Gasteiger partial charge in [-0.1, -0.05) is 67.7 Å². The van der Waals surface area contributed by atoms with Gasteiger partial charge in [-0.05, 0) is 44.9 Å². The highest BCUT2D eigenvalue weighted by Gasteiger charge is 2.38. The van der Waals surface area contributed by atoms with Crippen LogP contribution >= 0.6 is 0 Å². The molecule has 30 heavy (non-hydrogen) atoms. The second-order valence-corrected chi connectivity index (χ2v) is 7.39. The molecule has 2 atom stereocenters. The first-order chi connectivity index (χ1) is 14.6. The van der Waals surface area contributed by atoms with E-state index in [2.05, 4.69) is 67.7 Å². The number of aliphatic hydroxyl groups excluding tert-OH is 1. The number of amides is 1. The zero-order valence-corrected chi connectivity index (χ0v) is 18.2. The van der Waals surface area contributed by atoms with Crippen LogP contribution in [0.5, 0.6) is 0 Å². The molecule has 0 aromatic heterocycles. The summed E-state index contributed by atoms with van der Waals surface area (Å²) in [5.41, 5.74) is 0. The van der Waals surface area contributed by atoms with Gasteiger partial charge in [0.25, 0.3) is 0 Å². The molecule has 1 fully saturated rings. The van der Waals surface area contributed by atoms with E-state index in [1.54, 1.807) is 0 Å². The van der Waals surface area contributed by atoms with Crippen LogP contribution in [0.3, 0.4) is 0 Å². The van der Waals surface area contributed by atoms with E-state index in [0.29, 0.717) is 12.8 Å². The summed E-state index contributed by atoms with van der Waals surface area (Å²) in [7, 11) is 0. The summed E-state index contributed by atoms with van der Waals surface area (Å²) in [5, 5.41) is 18.7. The molecule has 166 valence electrons. The van der Waals surface area contributed by atoms with E-state index in [0.717, 1.165) is 38.5 Å². The van der Waals surface area contributed by atoms with Crippen molar-refractivity contribution in [3.05, 3.63) is 60.8 Å². The number of carbonyl (C=O) groups is 2. The normalized spacial score (nSPS) is 20.1. The number of aliphatic hydroxyl groups is 1. The number of aliphatic carboxylic acids is 1. The van der Waals surface area contributed by atoms with Crippen molar-refractivity contribution in [1.29, 1.82) is 0 Å². The lowest BCUT2D eigenvalue weighted by molar-refractivity contribution is -0.148. The number of rotatable bonds is 14. The molecular weight excluding hydrogens is 378 g/mol. The fourth-order valence-electron chi connectivity index (χ4n) is 3.21. The Bertz CT molecular complexity index is 646. The second-order valence-electron chi connectivity index (χ2n) is 7.39. The summed E-state index contributed by atoms with van der Waals surface area (Å²) >= 11 is 0. The molecule has 1 aliphatic rings. The molecule has 1 amide bonds. The summed E-state index contributed by atoms with van der Waals surface area (Å²) < 4.78 is 0. The Labute approximate surface area is 181 Å². The largest absolute Gasteiger partial charge is 0.480 e. The minimum absolute atomic E-state index is 0.121. The molecule has 0 bridgehead atoms. The summed E-state index contributed by atoms with van der Waals surface area (Å²) in [6.45, 7) is 2.26. The van der Waals surface area contributed by atoms with Crippen LogP contribution in [0.15, 0.2) is 60.8 Å². The van der Waals surface area contributed by atoms with Gasteiger partial charge in [0, 0.05) is 19.4 Å². The molecule has 5 nitrogen and oxygen atoms in total. The predicted molar refractivity (Wildman–Crippen MR) is 122 cm³/mol. The van der Waals surface area contributed by atoms with Crippen LogP contribution in [0.2, 0.25) is 0 Å². The molecule has 1 aliphatic heterocycles. The molecule has 1 heterocycles. The molecule has 0 saturated carbocycles. The number of carboxylic acids is 1. The Morgan fingerprint density at radius 3 is 1.87 bits per heavy atom. The van der Waals surface area contributed by atoms with E-state index in [1.807, 2.05) is 0 Å². The molecular formula is C25H37NO4. The van der Waals surface area contributed by atoms with Gasteiger partial charge in [0.15, 0.2) is 0 Å². The molecule has 5 heteroatoms. The molecule has 1 rings (SSSR count). The van der Waals surface area contributed by atoms with Crippen LogP contribution in [-0.4, -0.2) is 45.7 Å². The topological polar surface area (TPSA) is 77.8 Å². The van der Waals surface area contributed by atoms with E-state index < -0.39 is 18.1 Å². The second kappa shape index (κ2) is 16.4. The predicted octanol–water partition coefficient (Wildman–Crippen LogP) is 4.95. The highest BCUT2D eigenvalue weighted by molar-refractivity contribution is 5.84. The third-order valence-electron chi connectivity index (χ3n) is 4.80.